The number of fused-ring (bicyclic) bond motifs is 10. The zero-order valence-electron chi connectivity index (χ0n) is 52.7. The van der Waals surface area contributed by atoms with Gasteiger partial charge in [0, 0.05) is 75.9 Å². The van der Waals surface area contributed by atoms with E-state index in [0.717, 1.165) is 55.5 Å². The Balaban J connectivity index is 0.623. The van der Waals surface area contributed by atoms with Crippen LogP contribution in [0.15, 0.2) is 121 Å². The number of H-pyrrole nitrogens is 2. The molecule has 96 heavy (non-hydrogen) atoms. The maximum Gasteiger partial charge on any atom is 0.407 e. The van der Waals surface area contributed by atoms with Crippen LogP contribution >= 0.6 is 0 Å². The molecule has 21 heteroatoms. The first-order valence-corrected chi connectivity index (χ1v) is 32.8. The van der Waals surface area contributed by atoms with Gasteiger partial charge in [0.05, 0.1) is 65.7 Å². The average Bonchev–Trinajstić information content (AvgIpc) is 1.52. The quantitative estimate of drug-likeness (QED) is 0.0202. The van der Waals surface area contributed by atoms with E-state index in [1.54, 1.807) is 72.8 Å². The van der Waals surface area contributed by atoms with Crippen molar-refractivity contribution in [1.82, 2.24) is 40.2 Å². The highest BCUT2D eigenvalue weighted by atomic mass is 19.2. The van der Waals surface area contributed by atoms with Crippen LogP contribution in [0, 0.1) is 41.0 Å². The fourth-order valence-corrected chi connectivity index (χ4v) is 13.8. The molecule has 5 aromatic carbocycles. The summed E-state index contributed by atoms with van der Waals surface area (Å²) >= 11 is 0. The monoisotopic (exact) mass is 1300 g/mol. The first-order chi connectivity index (χ1) is 46.8. The minimum atomic E-state index is -1.66. The highest BCUT2D eigenvalue weighted by Gasteiger charge is 2.50. The van der Waals surface area contributed by atoms with Crippen LogP contribution in [0.1, 0.15) is 104 Å². The molecule has 1 amide bonds. The molecular formula is C75H71F4N9O8. The lowest BCUT2D eigenvalue weighted by Gasteiger charge is -2.14. The van der Waals surface area contributed by atoms with Crippen molar-refractivity contribution >= 4 is 58.2 Å². The predicted octanol–water partition coefficient (Wildman–Crippen LogP) is 16.0. The third-order valence-corrected chi connectivity index (χ3v) is 18.7. The van der Waals surface area contributed by atoms with Gasteiger partial charge < -0.3 is 54.9 Å². The molecule has 3 aliphatic heterocycles. The van der Waals surface area contributed by atoms with Crippen LogP contribution in [0.2, 0.25) is 0 Å². The average molecular weight is 1300 g/mol. The van der Waals surface area contributed by atoms with E-state index in [1.165, 1.54) is 30.0 Å². The van der Waals surface area contributed by atoms with Crippen molar-refractivity contribution in [3.8, 4) is 67.5 Å². The van der Waals surface area contributed by atoms with Gasteiger partial charge in [-0.15, -0.1) is 5.10 Å². The Morgan fingerprint density at radius 3 is 1.70 bits per heavy atom. The number of carbonyl (C=O) groups is 1. The Morgan fingerprint density at radius 2 is 1.16 bits per heavy atom. The van der Waals surface area contributed by atoms with Crippen molar-refractivity contribution in [3.63, 3.8) is 0 Å². The molecule has 17 nitrogen and oxygen atoms in total. The van der Waals surface area contributed by atoms with Crippen LogP contribution in [-0.4, -0.2) is 95.4 Å². The number of amides is 1. The third kappa shape index (κ3) is 13.2. The summed E-state index contributed by atoms with van der Waals surface area (Å²) in [6, 6.07) is 34.4. The number of carbonyl (C=O) groups excluding carboxylic acids is 1. The second kappa shape index (κ2) is 27.6. The molecule has 8 bridgehead atoms. The number of halogens is 4. The molecule has 14 rings (SSSR count). The van der Waals surface area contributed by atoms with Crippen LogP contribution in [0.25, 0.3) is 90.9 Å². The van der Waals surface area contributed by atoms with Crippen molar-refractivity contribution in [1.29, 1.82) is 0 Å². The summed E-state index contributed by atoms with van der Waals surface area (Å²) in [6.07, 6.45) is 13.5. The van der Waals surface area contributed by atoms with E-state index >= 15 is 17.6 Å². The minimum absolute atomic E-state index is 0.0144. The van der Waals surface area contributed by atoms with E-state index in [1.807, 2.05) is 53.2 Å². The molecule has 7 heterocycles. The van der Waals surface area contributed by atoms with E-state index in [0.29, 0.717) is 132 Å². The van der Waals surface area contributed by atoms with Gasteiger partial charge in [-0.2, -0.15) is 0 Å². The van der Waals surface area contributed by atoms with Crippen LogP contribution in [0.4, 0.5) is 28.0 Å². The van der Waals surface area contributed by atoms with Crippen molar-refractivity contribution in [2.45, 2.75) is 90.1 Å². The third-order valence-electron chi connectivity index (χ3n) is 18.7. The Bertz CT molecular complexity index is 4590. The summed E-state index contributed by atoms with van der Waals surface area (Å²) in [6.45, 7) is 4.61. The van der Waals surface area contributed by atoms with Gasteiger partial charge in [0.15, 0.2) is 29.6 Å². The molecule has 4 aromatic heterocycles. The molecule has 2 fully saturated rings. The van der Waals surface area contributed by atoms with Crippen LogP contribution in [0.3, 0.4) is 0 Å². The summed E-state index contributed by atoms with van der Waals surface area (Å²) in [5.74, 6) is -4.66. The molecule has 7 N–H and O–H groups in total. The number of nitrogens with zero attached hydrogens (tertiary/aromatic N) is 5. The largest absolute Gasteiger partial charge is 0.508 e. The highest BCUT2D eigenvalue weighted by Crippen LogP contribution is 2.53. The van der Waals surface area contributed by atoms with Crippen molar-refractivity contribution in [3.05, 3.63) is 184 Å². The number of phenols is 3. The number of phenolic OH excluding ortho intramolecular Hbond substituents is 3. The van der Waals surface area contributed by atoms with Crippen molar-refractivity contribution in [2.24, 2.45) is 17.8 Å². The first-order valence-electron chi connectivity index (χ1n) is 32.8. The summed E-state index contributed by atoms with van der Waals surface area (Å²) in [5, 5.41) is 46.8. The van der Waals surface area contributed by atoms with Gasteiger partial charge in [0.1, 0.15) is 28.7 Å². The number of unbranched alkanes of at least 4 members (excludes halogenated alkanes) is 3. The fourth-order valence-electron chi connectivity index (χ4n) is 13.8. The maximum atomic E-state index is 17.1. The van der Waals surface area contributed by atoms with E-state index in [-0.39, 0.29) is 64.6 Å². The molecule has 1 saturated heterocycles. The molecule has 9 aromatic rings. The number of rotatable bonds is 21. The molecule has 2 unspecified atom stereocenters. The Hall–Kier alpha value is -10.3. The number of aromatic hydroxyl groups is 3. The zero-order chi connectivity index (χ0) is 66.0. The molecule has 492 valence electrons. The Morgan fingerprint density at radius 1 is 0.625 bits per heavy atom. The van der Waals surface area contributed by atoms with Crippen LogP contribution in [0.5, 0.6) is 23.0 Å². The van der Waals surface area contributed by atoms with Crippen LogP contribution < -0.4 is 15.4 Å². The summed E-state index contributed by atoms with van der Waals surface area (Å²) < 4.78 is 92.9. The number of ether oxygens (including phenoxy) is 4. The topological polar surface area (TPSA) is 227 Å². The summed E-state index contributed by atoms with van der Waals surface area (Å²) in [5.41, 5.74) is 6.77. The number of benzene rings is 5. The number of anilines is 1. The molecule has 2 aliphatic carbocycles. The zero-order valence-corrected chi connectivity index (χ0v) is 52.7. The number of aryl methyl sites for hydroxylation is 2. The standard InChI is InChI=1S/C75H71F4N9O8/c1-2-49-40-94-74(96-49)42-17-19-50(20-18-42)93-36-10-35-88-63-32-22-52-51(21-23-54(63)86-87-88)53(52)41-95-75(92)81-34-6-4-3-5-33-80-73-71(78)69(76)68(70(77)72(73)79)67-61-30-28-59(84-61)65(44-12-8-15-47(90)38-44)57-26-24-55(82-57)64(43-11-7-14-46(89)37-43)56-25-27-58(83-56)66(60-29-31-62(67)85-60)45-13-9-16-48(91)39-45/h7-9,11-20,24-31,37-39,49,51-53,74,80,82,85,89-91H,2-6,10,21-23,32-36,40-41H2,1H3,(H,81,92)/t49?,51-,52+,53-,74?/m1/s1. The SMILES string of the molecule is CCC1COC(c2ccc(OCCCn3nnc4c3CC[C@H]3[C@@H](CC4)[C@H]3COC(=O)NCCCCCCNc3c(F)c(F)c(-c4c5nc(c(-c6cccc(O)c6)c6ccc([nH]6)c(-c6cccc(O)c6)c6nc(c(-c7cccc(O)c7)c7ccc4[nH]7)C=C6)C=C5)c(F)c3F)cc2)O1. The minimum Gasteiger partial charge on any atom is -0.508 e. The van der Waals surface area contributed by atoms with Gasteiger partial charge in [0.2, 0.25) is 0 Å². The normalized spacial score (nSPS) is 17.8. The number of hydrogen-bond donors (Lipinski definition) is 7. The van der Waals surface area contributed by atoms with Gasteiger partial charge >= 0.3 is 6.09 Å². The molecular weight excluding hydrogens is 1230 g/mol. The van der Waals surface area contributed by atoms with Crippen molar-refractivity contribution < 1.29 is 56.6 Å². The molecule has 1 saturated carbocycles. The molecule has 0 spiro atoms. The number of aromatic nitrogens is 7. The van der Waals surface area contributed by atoms with Gasteiger partial charge in [-0.1, -0.05) is 73.5 Å². The Kier molecular flexibility index (Phi) is 18.2. The second-order valence-corrected chi connectivity index (χ2v) is 24.9. The number of hydrogen-bond acceptors (Lipinski definition) is 13. The molecule has 0 radical (unpaired) electrons. The lowest BCUT2D eigenvalue weighted by Crippen LogP contribution is -2.26. The fraction of sp³-hybridized carbons (Fsp3) is 0.293. The second-order valence-electron chi connectivity index (χ2n) is 24.9. The van der Waals surface area contributed by atoms with E-state index in [2.05, 4.69) is 37.8 Å². The molecule has 5 atom stereocenters. The summed E-state index contributed by atoms with van der Waals surface area (Å²) in [7, 11) is 0. The van der Waals surface area contributed by atoms with E-state index in [4.69, 9.17) is 28.9 Å². The lowest BCUT2D eigenvalue weighted by atomic mass is 10.0. The molecule has 5 aliphatic rings. The van der Waals surface area contributed by atoms with Crippen LogP contribution in [-0.2, 0) is 33.6 Å². The summed E-state index contributed by atoms with van der Waals surface area (Å²) in [4.78, 5) is 29.7. The number of aromatic amines is 2. The van der Waals surface area contributed by atoms with Gasteiger partial charge in [-0.3, -0.25) is 0 Å². The van der Waals surface area contributed by atoms with Crippen molar-refractivity contribution in [2.75, 3.05) is 38.2 Å². The van der Waals surface area contributed by atoms with Gasteiger partial charge in [-0.05, 0) is 176 Å². The van der Waals surface area contributed by atoms with Gasteiger partial charge in [-0.25, -0.2) is 37.0 Å². The van der Waals surface area contributed by atoms with Gasteiger partial charge in [0.25, 0.3) is 0 Å². The van der Waals surface area contributed by atoms with E-state index < -0.39 is 40.6 Å². The Labute approximate surface area is 550 Å². The predicted molar refractivity (Wildman–Crippen MR) is 359 cm³/mol. The van der Waals surface area contributed by atoms with E-state index in [9.17, 15) is 20.1 Å². The number of nitrogens with one attached hydrogen (secondary N) is 4. The number of alkyl carbamates (subject to hydrolysis) is 1. The first kappa shape index (κ1) is 63.2. The lowest BCUT2D eigenvalue weighted by molar-refractivity contribution is -0.0604. The maximum absolute atomic E-state index is 17.1. The highest BCUT2D eigenvalue weighted by molar-refractivity contribution is 6.00. The smallest absolute Gasteiger partial charge is 0.407 e.